The average molecular weight is 212 g/mol. The van der Waals surface area contributed by atoms with Crippen LogP contribution >= 0.6 is 0 Å². The normalized spacial score (nSPS) is 22.3. The van der Waals surface area contributed by atoms with E-state index in [-0.39, 0.29) is 5.92 Å². The molecular formula is C13H24O2. The highest BCUT2D eigenvalue weighted by Crippen LogP contribution is 2.35. The Hall–Kier alpha value is -0.370. The van der Waals surface area contributed by atoms with Gasteiger partial charge in [-0.2, -0.15) is 0 Å². The molecule has 2 heteroatoms. The van der Waals surface area contributed by atoms with Gasteiger partial charge < -0.3 is 9.90 Å². The molecule has 0 aromatic heterocycles. The van der Waals surface area contributed by atoms with Crippen LogP contribution in [0, 0.1) is 5.92 Å². The molecule has 0 bridgehead atoms. The standard InChI is InChI=1S/C13H24O2/c1-2-3-5-8-12(11-14)13(15)9-6-4-7-10-13/h11-12,15H,2-10H2,1H3. The molecule has 1 N–H and O–H groups in total. The second kappa shape index (κ2) is 6.26. The van der Waals surface area contributed by atoms with Gasteiger partial charge in [-0.1, -0.05) is 45.4 Å². The fourth-order valence-electron chi connectivity index (χ4n) is 2.61. The third kappa shape index (κ3) is 3.60. The number of unbranched alkanes of at least 4 members (excludes halogenated alkanes) is 2. The summed E-state index contributed by atoms with van der Waals surface area (Å²) in [4.78, 5) is 11.0. The first-order chi connectivity index (χ1) is 7.23. The fraction of sp³-hybridized carbons (Fsp3) is 0.923. The van der Waals surface area contributed by atoms with Gasteiger partial charge in [0.15, 0.2) is 0 Å². The summed E-state index contributed by atoms with van der Waals surface area (Å²) in [5, 5.41) is 10.4. The van der Waals surface area contributed by atoms with Crippen molar-refractivity contribution in [3.63, 3.8) is 0 Å². The van der Waals surface area contributed by atoms with E-state index in [1.165, 1.54) is 19.3 Å². The fourth-order valence-corrected chi connectivity index (χ4v) is 2.61. The van der Waals surface area contributed by atoms with Crippen molar-refractivity contribution in [3.8, 4) is 0 Å². The van der Waals surface area contributed by atoms with Gasteiger partial charge >= 0.3 is 0 Å². The van der Waals surface area contributed by atoms with E-state index >= 15 is 0 Å². The van der Waals surface area contributed by atoms with Crippen LogP contribution in [0.5, 0.6) is 0 Å². The summed E-state index contributed by atoms with van der Waals surface area (Å²) in [7, 11) is 0. The molecule has 15 heavy (non-hydrogen) atoms. The minimum Gasteiger partial charge on any atom is -0.389 e. The maximum absolute atomic E-state index is 11.0. The minimum absolute atomic E-state index is 0.121. The summed E-state index contributed by atoms with van der Waals surface area (Å²) >= 11 is 0. The van der Waals surface area contributed by atoms with Gasteiger partial charge in [-0.25, -0.2) is 0 Å². The molecule has 0 aromatic carbocycles. The Labute approximate surface area is 93.1 Å². The lowest BCUT2D eigenvalue weighted by atomic mass is 9.74. The lowest BCUT2D eigenvalue weighted by molar-refractivity contribution is -0.123. The summed E-state index contributed by atoms with van der Waals surface area (Å²) in [6, 6.07) is 0. The minimum atomic E-state index is -0.673. The molecule has 1 rings (SSSR count). The molecule has 1 atom stereocenters. The van der Waals surface area contributed by atoms with Gasteiger partial charge in [-0.05, 0) is 19.3 Å². The van der Waals surface area contributed by atoms with Crippen LogP contribution < -0.4 is 0 Å². The zero-order chi connectivity index (χ0) is 11.1. The van der Waals surface area contributed by atoms with E-state index in [9.17, 15) is 9.90 Å². The van der Waals surface area contributed by atoms with Crippen LogP contribution in [0.25, 0.3) is 0 Å². The van der Waals surface area contributed by atoms with Crippen LogP contribution in [-0.4, -0.2) is 17.0 Å². The van der Waals surface area contributed by atoms with Crippen molar-refractivity contribution >= 4 is 6.29 Å². The lowest BCUT2D eigenvalue weighted by Gasteiger charge is -2.36. The smallest absolute Gasteiger partial charge is 0.125 e. The highest BCUT2D eigenvalue weighted by atomic mass is 16.3. The zero-order valence-electron chi connectivity index (χ0n) is 9.87. The van der Waals surface area contributed by atoms with Crippen molar-refractivity contribution < 1.29 is 9.90 Å². The maximum atomic E-state index is 11.0. The van der Waals surface area contributed by atoms with Crippen molar-refractivity contribution in [2.75, 3.05) is 0 Å². The van der Waals surface area contributed by atoms with E-state index in [4.69, 9.17) is 0 Å². The summed E-state index contributed by atoms with van der Waals surface area (Å²) in [5.74, 6) is -0.121. The van der Waals surface area contributed by atoms with Gasteiger partial charge in [0.25, 0.3) is 0 Å². The van der Waals surface area contributed by atoms with Crippen molar-refractivity contribution in [2.45, 2.75) is 70.3 Å². The van der Waals surface area contributed by atoms with Crippen LogP contribution in [0.3, 0.4) is 0 Å². The predicted molar refractivity (Wildman–Crippen MR) is 61.7 cm³/mol. The predicted octanol–water partition coefficient (Wildman–Crippen LogP) is 3.08. The van der Waals surface area contributed by atoms with Crippen LogP contribution in [-0.2, 0) is 4.79 Å². The molecule has 1 saturated carbocycles. The Kier molecular flexibility index (Phi) is 5.30. The second-order valence-corrected chi connectivity index (χ2v) is 4.90. The Morgan fingerprint density at radius 2 is 1.93 bits per heavy atom. The zero-order valence-corrected chi connectivity index (χ0v) is 9.87. The molecule has 1 fully saturated rings. The molecule has 0 aromatic rings. The average Bonchev–Trinajstić information content (AvgIpc) is 2.25. The lowest BCUT2D eigenvalue weighted by Crippen LogP contribution is -2.40. The number of aliphatic hydroxyl groups is 1. The molecule has 0 spiro atoms. The molecule has 1 unspecified atom stereocenters. The largest absolute Gasteiger partial charge is 0.389 e. The summed E-state index contributed by atoms with van der Waals surface area (Å²) in [6.45, 7) is 2.16. The monoisotopic (exact) mass is 212 g/mol. The van der Waals surface area contributed by atoms with E-state index in [1.807, 2.05) is 0 Å². The van der Waals surface area contributed by atoms with Gasteiger partial charge in [-0.15, -0.1) is 0 Å². The molecule has 0 aliphatic heterocycles. The Morgan fingerprint density at radius 1 is 1.27 bits per heavy atom. The Balaban J connectivity index is 2.44. The Bertz CT molecular complexity index is 183. The van der Waals surface area contributed by atoms with Crippen LogP contribution in [0.1, 0.15) is 64.7 Å². The maximum Gasteiger partial charge on any atom is 0.125 e. The van der Waals surface area contributed by atoms with E-state index in [1.54, 1.807) is 0 Å². The molecule has 1 aliphatic rings. The summed E-state index contributed by atoms with van der Waals surface area (Å²) < 4.78 is 0. The van der Waals surface area contributed by atoms with E-state index in [0.29, 0.717) is 0 Å². The van der Waals surface area contributed by atoms with Crippen LogP contribution in [0.4, 0.5) is 0 Å². The van der Waals surface area contributed by atoms with E-state index in [0.717, 1.165) is 44.8 Å². The van der Waals surface area contributed by atoms with Gasteiger partial charge in [0.1, 0.15) is 6.29 Å². The molecule has 0 amide bonds. The quantitative estimate of drug-likeness (QED) is 0.542. The first-order valence-electron chi connectivity index (χ1n) is 6.40. The number of rotatable bonds is 6. The molecule has 1 aliphatic carbocycles. The highest BCUT2D eigenvalue weighted by molar-refractivity contribution is 5.55. The van der Waals surface area contributed by atoms with Crippen molar-refractivity contribution in [3.05, 3.63) is 0 Å². The number of carbonyl (C=O) groups excluding carboxylic acids is 1. The van der Waals surface area contributed by atoms with Crippen molar-refractivity contribution in [2.24, 2.45) is 5.92 Å². The number of hydrogen-bond acceptors (Lipinski definition) is 2. The van der Waals surface area contributed by atoms with Crippen molar-refractivity contribution in [1.82, 2.24) is 0 Å². The summed E-state index contributed by atoms with van der Waals surface area (Å²) in [6.07, 6.45) is 10.3. The number of aldehydes is 1. The molecular weight excluding hydrogens is 188 g/mol. The molecule has 0 radical (unpaired) electrons. The Morgan fingerprint density at radius 3 is 2.47 bits per heavy atom. The van der Waals surface area contributed by atoms with Crippen LogP contribution in [0.2, 0.25) is 0 Å². The molecule has 2 nitrogen and oxygen atoms in total. The van der Waals surface area contributed by atoms with Gasteiger partial charge in [0.2, 0.25) is 0 Å². The summed E-state index contributed by atoms with van der Waals surface area (Å²) in [5.41, 5.74) is -0.673. The first-order valence-corrected chi connectivity index (χ1v) is 6.40. The molecule has 88 valence electrons. The van der Waals surface area contributed by atoms with Gasteiger partial charge in [-0.3, -0.25) is 0 Å². The van der Waals surface area contributed by atoms with Gasteiger partial charge in [0, 0.05) is 5.92 Å². The topological polar surface area (TPSA) is 37.3 Å². The third-order valence-corrected chi connectivity index (χ3v) is 3.69. The highest BCUT2D eigenvalue weighted by Gasteiger charge is 2.36. The van der Waals surface area contributed by atoms with E-state index in [2.05, 4.69) is 6.92 Å². The third-order valence-electron chi connectivity index (χ3n) is 3.69. The molecule has 0 saturated heterocycles. The van der Waals surface area contributed by atoms with E-state index < -0.39 is 5.60 Å². The van der Waals surface area contributed by atoms with Crippen LogP contribution in [0.15, 0.2) is 0 Å². The first kappa shape index (κ1) is 12.7. The second-order valence-electron chi connectivity index (χ2n) is 4.90. The number of carbonyl (C=O) groups is 1. The SMILES string of the molecule is CCCCCC(C=O)C1(O)CCCCC1. The van der Waals surface area contributed by atoms with Crippen molar-refractivity contribution in [1.29, 1.82) is 0 Å². The molecule has 0 heterocycles. The number of hydrogen-bond donors (Lipinski definition) is 1. The van der Waals surface area contributed by atoms with Gasteiger partial charge in [0.05, 0.1) is 5.60 Å².